The molecule has 0 aliphatic carbocycles. The molecule has 2 rings (SSSR count). The zero-order chi connectivity index (χ0) is 13.0. The number of pyridine rings is 2. The first kappa shape index (κ1) is 12.7. The predicted molar refractivity (Wildman–Crippen MR) is 68.8 cm³/mol. The van der Waals surface area contributed by atoms with Crippen molar-refractivity contribution in [3.8, 4) is 0 Å². The molecule has 0 radical (unpaired) electrons. The molecule has 0 saturated carbocycles. The van der Waals surface area contributed by atoms with Gasteiger partial charge in [0.15, 0.2) is 44.0 Å². The lowest BCUT2D eigenvalue weighted by Crippen LogP contribution is -2.47. The summed E-state index contributed by atoms with van der Waals surface area (Å²) in [6, 6.07) is 8.19. The van der Waals surface area contributed by atoms with E-state index in [1.165, 1.54) is 11.1 Å². The molecule has 2 aromatic rings. The first-order chi connectivity index (χ1) is 8.63. The van der Waals surface area contributed by atoms with Crippen LogP contribution in [0.4, 0.5) is 0 Å². The number of hydrogen-bond donors (Lipinski definition) is 1. The highest BCUT2D eigenvalue weighted by Gasteiger charge is 2.15. The van der Waals surface area contributed by atoms with Gasteiger partial charge in [-0.2, -0.15) is 0 Å². The maximum absolute atomic E-state index is 10.1. The van der Waals surface area contributed by atoms with E-state index in [2.05, 4.69) is 13.8 Å². The van der Waals surface area contributed by atoms with E-state index in [0.29, 0.717) is 13.1 Å². The molecule has 0 amide bonds. The van der Waals surface area contributed by atoms with Crippen LogP contribution in [0.15, 0.2) is 49.1 Å². The van der Waals surface area contributed by atoms with E-state index in [9.17, 15) is 5.11 Å². The van der Waals surface area contributed by atoms with Crippen molar-refractivity contribution >= 4 is 0 Å². The van der Waals surface area contributed by atoms with Crippen molar-refractivity contribution in [2.24, 2.45) is 0 Å². The average molecular weight is 244 g/mol. The third-order valence-corrected chi connectivity index (χ3v) is 2.96. The Hall–Kier alpha value is -1.74. The fourth-order valence-corrected chi connectivity index (χ4v) is 1.85. The van der Waals surface area contributed by atoms with Gasteiger partial charge in [-0.25, -0.2) is 9.13 Å². The number of nitrogens with zero attached hydrogens (tertiary/aromatic N) is 2. The molecular weight excluding hydrogens is 224 g/mol. The Bertz CT molecular complexity index is 443. The Balaban J connectivity index is 1.94. The summed E-state index contributed by atoms with van der Waals surface area (Å²) in [6.07, 6.45) is 7.61. The fraction of sp³-hybridized carbons (Fsp3) is 0.333. The number of aliphatic hydroxyl groups is 1. The average Bonchev–Trinajstić information content (AvgIpc) is 2.35. The molecule has 0 atom stereocenters. The number of hydrogen-bond acceptors (Lipinski definition) is 1. The summed E-state index contributed by atoms with van der Waals surface area (Å²) in [5.74, 6) is 0. The first-order valence-corrected chi connectivity index (χ1v) is 6.23. The van der Waals surface area contributed by atoms with Crippen LogP contribution in [0, 0.1) is 13.8 Å². The normalized spacial score (nSPS) is 10.9. The summed E-state index contributed by atoms with van der Waals surface area (Å²) in [7, 11) is 0. The molecule has 0 unspecified atom stereocenters. The molecule has 94 valence electrons. The molecule has 2 aromatic heterocycles. The molecule has 0 aliphatic rings. The molecule has 0 saturated heterocycles. The van der Waals surface area contributed by atoms with Gasteiger partial charge in [0.1, 0.15) is 0 Å². The zero-order valence-electron chi connectivity index (χ0n) is 11.0. The van der Waals surface area contributed by atoms with Crippen LogP contribution in [0.1, 0.15) is 11.1 Å². The second-order valence-electron chi connectivity index (χ2n) is 4.80. The lowest BCUT2D eigenvalue weighted by Gasteiger charge is -2.04. The summed E-state index contributed by atoms with van der Waals surface area (Å²) in [5, 5.41) is 10.1. The molecule has 18 heavy (non-hydrogen) atoms. The van der Waals surface area contributed by atoms with E-state index in [1.807, 2.05) is 58.2 Å². The largest absolute Gasteiger partial charge is 0.381 e. The van der Waals surface area contributed by atoms with Crippen LogP contribution < -0.4 is 9.13 Å². The molecule has 2 heterocycles. The summed E-state index contributed by atoms with van der Waals surface area (Å²) in [5.41, 5.74) is 2.46. The monoisotopic (exact) mass is 244 g/mol. The smallest absolute Gasteiger partial charge is 0.180 e. The van der Waals surface area contributed by atoms with Gasteiger partial charge in [0.2, 0.25) is 0 Å². The molecule has 3 heteroatoms. The molecule has 1 N–H and O–H groups in total. The maximum Gasteiger partial charge on any atom is 0.180 e. The molecule has 0 spiro atoms. The topological polar surface area (TPSA) is 28.0 Å². The SMILES string of the molecule is Cc1cc[n+](CC(O)C[n+]2ccc(C)cc2)cc1. The van der Waals surface area contributed by atoms with Gasteiger partial charge in [-0.1, -0.05) is 0 Å². The second kappa shape index (κ2) is 5.74. The van der Waals surface area contributed by atoms with Crippen molar-refractivity contribution in [3.05, 3.63) is 60.2 Å². The van der Waals surface area contributed by atoms with Crippen molar-refractivity contribution < 1.29 is 14.2 Å². The molecule has 0 bridgehead atoms. The van der Waals surface area contributed by atoms with Crippen LogP contribution in [0.5, 0.6) is 0 Å². The minimum atomic E-state index is -0.384. The minimum Gasteiger partial charge on any atom is -0.381 e. The molecule has 0 aliphatic heterocycles. The fourth-order valence-electron chi connectivity index (χ4n) is 1.85. The number of aryl methyl sites for hydroxylation is 2. The molecule has 0 fully saturated rings. The Labute approximate surface area is 108 Å². The first-order valence-electron chi connectivity index (χ1n) is 6.23. The van der Waals surface area contributed by atoms with E-state index in [1.54, 1.807) is 0 Å². The van der Waals surface area contributed by atoms with E-state index in [0.717, 1.165) is 0 Å². The Kier molecular flexibility index (Phi) is 4.05. The Morgan fingerprint density at radius 3 is 1.50 bits per heavy atom. The number of aromatic nitrogens is 2. The van der Waals surface area contributed by atoms with Crippen LogP contribution in [0.25, 0.3) is 0 Å². The van der Waals surface area contributed by atoms with Gasteiger partial charge in [0.25, 0.3) is 0 Å². The zero-order valence-corrected chi connectivity index (χ0v) is 11.0. The summed E-state index contributed by atoms with van der Waals surface area (Å²) in [4.78, 5) is 0. The second-order valence-corrected chi connectivity index (χ2v) is 4.80. The van der Waals surface area contributed by atoms with Crippen LogP contribution >= 0.6 is 0 Å². The van der Waals surface area contributed by atoms with Crippen molar-refractivity contribution in [1.82, 2.24) is 0 Å². The van der Waals surface area contributed by atoms with Crippen LogP contribution in [-0.4, -0.2) is 11.2 Å². The summed E-state index contributed by atoms with van der Waals surface area (Å²) in [6.45, 7) is 5.34. The van der Waals surface area contributed by atoms with Crippen molar-refractivity contribution in [2.75, 3.05) is 0 Å². The highest BCUT2D eigenvalue weighted by Crippen LogP contribution is 1.93. The molecular formula is C15H20N2O+2. The standard InChI is InChI=1S/C15H20N2O/c1-13-3-7-16(8-4-13)11-15(18)12-17-9-5-14(2)6-10-17/h3-10,15,18H,11-12H2,1-2H3/q+2. The van der Waals surface area contributed by atoms with Gasteiger partial charge in [-0.15, -0.1) is 0 Å². The molecule has 0 aromatic carbocycles. The van der Waals surface area contributed by atoms with E-state index in [4.69, 9.17) is 0 Å². The third-order valence-electron chi connectivity index (χ3n) is 2.96. The van der Waals surface area contributed by atoms with Crippen molar-refractivity contribution in [2.45, 2.75) is 33.0 Å². The lowest BCUT2D eigenvalue weighted by molar-refractivity contribution is -0.737. The molecule has 3 nitrogen and oxygen atoms in total. The number of aliphatic hydroxyl groups excluding tert-OH is 1. The highest BCUT2D eigenvalue weighted by atomic mass is 16.3. The van der Waals surface area contributed by atoms with Crippen molar-refractivity contribution in [1.29, 1.82) is 0 Å². The van der Waals surface area contributed by atoms with E-state index in [-0.39, 0.29) is 6.10 Å². The van der Waals surface area contributed by atoms with Gasteiger partial charge < -0.3 is 5.11 Å². The Morgan fingerprint density at radius 2 is 1.17 bits per heavy atom. The summed E-state index contributed by atoms with van der Waals surface area (Å²) >= 11 is 0. The minimum absolute atomic E-state index is 0.384. The van der Waals surface area contributed by atoms with Crippen LogP contribution in [0.3, 0.4) is 0 Å². The van der Waals surface area contributed by atoms with E-state index >= 15 is 0 Å². The third kappa shape index (κ3) is 3.64. The Morgan fingerprint density at radius 1 is 0.833 bits per heavy atom. The van der Waals surface area contributed by atoms with E-state index < -0.39 is 0 Å². The van der Waals surface area contributed by atoms with Gasteiger partial charge >= 0.3 is 0 Å². The van der Waals surface area contributed by atoms with Gasteiger partial charge in [-0.05, 0) is 25.0 Å². The maximum atomic E-state index is 10.1. The van der Waals surface area contributed by atoms with Crippen LogP contribution in [0.2, 0.25) is 0 Å². The predicted octanol–water partition coefficient (Wildman–Crippen LogP) is 0.940. The number of rotatable bonds is 4. The van der Waals surface area contributed by atoms with Gasteiger partial charge in [0, 0.05) is 24.3 Å². The lowest BCUT2D eigenvalue weighted by atomic mass is 10.2. The van der Waals surface area contributed by atoms with Gasteiger partial charge in [-0.3, -0.25) is 0 Å². The van der Waals surface area contributed by atoms with Crippen molar-refractivity contribution in [3.63, 3.8) is 0 Å². The quantitative estimate of drug-likeness (QED) is 0.797. The van der Waals surface area contributed by atoms with Crippen LogP contribution in [-0.2, 0) is 13.1 Å². The summed E-state index contributed by atoms with van der Waals surface area (Å²) < 4.78 is 4.01. The van der Waals surface area contributed by atoms with Gasteiger partial charge in [0.05, 0.1) is 0 Å². The highest BCUT2D eigenvalue weighted by molar-refractivity contribution is 5.03.